The molecule has 0 aliphatic carbocycles. The van der Waals surface area contributed by atoms with Crippen LogP contribution in [-0.4, -0.2) is 18.8 Å². The molecule has 0 radical (unpaired) electrons. The van der Waals surface area contributed by atoms with Crippen LogP contribution >= 0.6 is 15.9 Å². The van der Waals surface area contributed by atoms with Crippen molar-refractivity contribution < 1.29 is 14.2 Å². The maximum absolute atomic E-state index is 14.0. The van der Waals surface area contributed by atoms with Gasteiger partial charge in [-0.1, -0.05) is 0 Å². The van der Waals surface area contributed by atoms with Crippen molar-refractivity contribution in [3.05, 3.63) is 21.9 Å². The average molecular weight is 304 g/mol. The highest BCUT2D eigenvalue weighted by Crippen LogP contribution is 2.45. The molecule has 0 aromatic heterocycles. The first kappa shape index (κ1) is 12.6. The number of hydrogen-bond acceptors (Lipinski definition) is 3. The lowest BCUT2D eigenvalue weighted by Gasteiger charge is -2.27. The average Bonchev–Trinajstić information content (AvgIpc) is 2.65. The highest BCUT2D eigenvalue weighted by molar-refractivity contribution is 9.10. The molecule has 1 aliphatic rings. The van der Waals surface area contributed by atoms with E-state index in [-0.39, 0.29) is 11.5 Å². The zero-order valence-electron chi connectivity index (χ0n) is 9.81. The minimum absolute atomic E-state index is 0.192. The summed E-state index contributed by atoms with van der Waals surface area (Å²) in [7, 11) is 1.45. The molecule has 1 aromatic carbocycles. The van der Waals surface area contributed by atoms with Gasteiger partial charge >= 0.3 is 0 Å². The first-order chi connectivity index (χ1) is 7.99. The van der Waals surface area contributed by atoms with Gasteiger partial charge in [-0.3, -0.25) is 0 Å². The van der Waals surface area contributed by atoms with E-state index in [1.807, 2.05) is 6.92 Å². The fourth-order valence-electron chi connectivity index (χ4n) is 2.40. The van der Waals surface area contributed by atoms with Crippen molar-refractivity contribution in [2.75, 3.05) is 13.7 Å². The summed E-state index contributed by atoms with van der Waals surface area (Å²) in [4.78, 5) is 0. The van der Waals surface area contributed by atoms with Crippen LogP contribution in [0, 0.1) is 5.82 Å². The summed E-state index contributed by atoms with van der Waals surface area (Å²) in [5, 5.41) is 12.9. The molecule has 1 fully saturated rings. The molecule has 2 N–H and O–H groups in total. The molecule has 94 valence electrons. The molecule has 17 heavy (non-hydrogen) atoms. The fourth-order valence-corrected chi connectivity index (χ4v) is 3.39. The van der Waals surface area contributed by atoms with Gasteiger partial charge < -0.3 is 15.2 Å². The first-order valence-electron chi connectivity index (χ1n) is 5.50. The van der Waals surface area contributed by atoms with Gasteiger partial charge in [-0.25, -0.2) is 4.39 Å². The Bertz CT molecular complexity index is 445. The summed E-state index contributed by atoms with van der Waals surface area (Å²) in [6.45, 7) is 2.82. The van der Waals surface area contributed by atoms with Gasteiger partial charge in [-0.05, 0) is 42.2 Å². The summed E-state index contributed by atoms with van der Waals surface area (Å²) in [5.74, 6) is -0.342. The number of nitrogens with one attached hydrogen (secondary N) is 1. The second-order valence-corrected chi connectivity index (χ2v) is 5.26. The van der Waals surface area contributed by atoms with Crippen molar-refractivity contribution >= 4 is 15.9 Å². The van der Waals surface area contributed by atoms with Crippen LogP contribution in [0.2, 0.25) is 0 Å². The summed E-state index contributed by atoms with van der Waals surface area (Å²) < 4.78 is 19.6. The largest absolute Gasteiger partial charge is 0.504 e. The molecule has 0 saturated carbocycles. The van der Waals surface area contributed by atoms with E-state index in [0.717, 1.165) is 25.5 Å². The SMILES string of the molecule is COc1c(O)cc(F)c(C2(C)CCCN2)c1Br. The number of methoxy groups -OCH3 is 1. The van der Waals surface area contributed by atoms with Gasteiger partial charge in [0.2, 0.25) is 0 Å². The molecular weight excluding hydrogens is 289 g/mol. The molecular formula is C12H15BrFNO2. The maximum Gasteiger partial charge on any atom is 0.175 e. The number of aromatic hydroxyl groups is 1. The van der Waals surface area contributed by atoms with Crippen LogP contribution in [0.5, 0.6) is 11.5 Å². The fraction of sp³-hybridized carbons (Fsp3) is 0.500. The summed E-state index contributed by atoms with van der Waals surface area (Å²) >= 11 is 3.32. The maximum atomic E-state index is 14.0. The molecule has 1 atom stereocenters. The van der Waals surface area contributed by atoms with Crippen molar-refractivity contribution in [2.24, 2.45) is 0 Å². The summed E-state index contributed by atoms with van der Waals surface area (Å²) in [6.07, 6.45) is 1.86. The Kier molecular flexibility index (Phi) is 3.32. The number of ether oxygens (including phenoxy) is 1. The zero-order valence-corrected chi connectivity index (χ0v) is 11.4. The smallest absolute Gasteiger partial charge is 0.175 e. The third-order valence-corrected chi connectivity index (χ3v) is 4.03. The van der Waals surface area contributed by atoms with Crippen LogP contribution in [0.1, 0.15) is 25.3 Å². The van der Waals surface area contributed by atoms with E-state index >= 15 is 0 Å². The highest BCUT2D eigenvalue weighted by atomic mass is 79.9. The number of phenolic OH excluding ortho intramolecular Hbond substituents is 1. The van der Waals surface area contributed by atoms with Crippen LogP contribution < -0.4 is 10.1 Å². The van der Waals surface area contributed by atoms with E-state index in [4.69, 9.17) is 4.74 Å². The van der Waals surface area contributed by atoms with Gasteiger partial charge in [0, 0.05) is 17.2 Å². The van der Waals surface area contributed by atoms with Crippen molar-refractivity contribution in [3.63, 3.8) is 0 Å². The standard InChI is InChI=1S/C12H15BrFNO2/c1-12(4-3-5-15-12)9-7(14)6-8(16)11(17-2)10(9)13/h6,15-16H,3-5H2,1-2H3. The summed E-state index contributed by atoms with van der Waals surface area (Å²) in [6, 6.07) is 1.10. The molecule has 1 aliphatic heterocycles. The lowest BCUT2D eigenvalue weighted by molar-refractivity contribution is 0.356. The Morgan fingerprint density at radius 1 is 1.59 bits per heavy atom. The molecule has 0 spiro atoms. The van der Waals surface area contributed by atoms with Gasteiger partial charge in [0.1, 0.15) is 5.82 Å². The molecule has 1 saturated heterocycles. The Morgan fingerprint density at radius 2 is 2.29 bits per heavy atom. The molecule has 2 rings (SSSR count). The molecule has 5 heteroatoms. The molecule has 1 unspecified atom stereocenters. The van der Waals surface area contributed by atoms with E-state index in [1.54, 1.807) is 0 Å². The Morgan fingerprint density at radius 3 is 2.82 bits per heavy atom. The minimum Gasteiger partial charge on any atom is -0.504 e. The lowest BCUT2D eigenvalue weighted by atomic mass is 9.89. The predicted octanol–water partition coefficient (Wildman–Crippen LogP) is 2.90. The van der Waals surface area contributed by atoms with Crippen molar-refractivity contribution in [1.82, 2.24) is 5.32 Å². The van der Waals surface area contributed by atoms with E-state index in [9.17, 15) is 9.50 Å². The van der Waals surface area contributed by atoms with Crippen molar-refractivity contribution in [3.8, 4) is 11.5 Å². The highest BCUT2D eigenvalue weighted by Gasteiger charge is 2.36. The predicted molar refractivity (Wildman–Crippen MR) is 66.9 cm³/mol. The molecule has 0 bridgehead atoms. The third kappa shape index (κ3) is 2.02. The number of benzene rings is 1. The Balaban J connectivity index is 2.60. The zero-order chi connectivity index (χ0) is 12.6. The Hall–Kier alpha value is -0.810. The van der Waals surface area contributed by atoms with Gasteiger partial charge in [0.05, 0.1) is 11.6 Å². The topological polar surface area (TPSA) is 41.5 Å². The van der Waals surface area contributed by atoms with Crippen molar-refractivity contribution in [1.29, 1.82) is 0 Å². The van der Waals surface area contributed by atoms with E-state index in [0.29, 0.717) is 10.0 Å². The van der Waals surface area contributed by atoms with Crippen LogP contribution in [0.3, 0.4) is 0 Å². The quantitative estimate of drug-likeness (QED) is 0.883. The molecule has 1 heterocycles. The number of rotatable bonds is 2. The number of halogens is 2. The molecule has 0 amide bonds. The number of phenols is 1. The van der Waals surface area contributed by atoms with E-state index in [2.05, 4.69) is 21.2 Å². The second kappa shape index (κ2) is 4.46. The minimum atomic E-state index is -0.424. The van der Waals surface area contributed by atoms with Crippen LogP contribution in [0.15, 0.2) is 10.5 Å². The van der Waals surface area contributed by atoms with E-state index < -0.39 is 11.4 Å². The van der Waals surface area contributed by atoms with Gasteiger partial charge in [-0.2, -0.15) is 0 Å². The third-order valence-electron chi connectivity index (χ3n) is 3.28. The molecule has 1 aromatic rings. The second-order valence-electron chi connectivity index (χ2n) is 4.46. The Labute approximate surface area is 108 Å². The monoisotopic (exact) mass is 303 g/mol. The van der Waals surface area contributed by atoms with Crippen molar-refractivity contribution in [2.45, 2.75) is 25.3 Å². The lowest BCUT2D eigenvalue weighted by Crippen LogP contribution is -2.34. The van der Waals surface area contributed by atoms with Gasteiger partial charge in [-0.15, -0.1) is 0 Å². The molecule has 3 nitrogen and oxygen atoms in total. The van der Waals surface area contributed by atoms with Crippen LogP contribution in [0.25, 0.3) is 0 Å². The van der Waals surface area contributed by atoms with Crippen LogP contribution in [0.4, 0.5) is 4.39 Å². The van der Waals surface area contributed by atoms with Gasteiger partial charge in [0.15, 0.2) is 11.5 Å². The summed E-state index contributed by atoms with van der Waals surface area (Å²) in [5.41, 5.74) is 0.105. The van der Waals surface area contributed by atoms with E-state index in [1.165, 1.54) is 7.11 Å². The van der Waals surface area contributed by atoms with Crippen LogP contribution in [-0.2, 0) is 5.54 Å². The normalized spacial score (nSPS) is 24.0. The van der Waals surface area contributed by atoms with Gasteiger partial charge in [0.25, 0.3) is 0 Å². The number of hydrogen-bond donors (Lipinski definition) is 2. The first-order valence-corrected chi connectivity index (χ1v) is 6.29.